The van der Waals surface area contributed by atoms with Gasteiger partial charge in [0.2, 0.25) is 0 Å². The number of benzene rings is 8. The second-order valence-corrected chi connectivity index (χ2v) is 16.6. The number of fused-ring (bicyclic) bond motifs is 8. The van der Waals surface area contributed by atoms with Crippen LogP contribution in [0.2, 0.25) is 0 Å². The van der Waals surface area contributed by atoms with Gasteiger partial charge < -0.3 is 9.47 Å². The van der Waals surface area contributed by atoms with E-state index in [9.17, 15) is 0 Å². The molecule has 2 heterocycles. The van der Waals surface area contributed by atoms with Gasteiger partial charge in [-0.25, -0.2) is 0 Å². The van der Waals surface area contributed by atoms with Crippen LogP contribution < -0.4 is 4.90 Å². The Kier molecular flexibility index (Phi) is 6.98. The highest BCUT2D eigenvalue weighted by Crippen LogP contribution is 2.52. The third-order valence-electron chi connectivity index (χ3n) is 12.8. The van der Waals surface area contributed by atoms with Crippen molar-refractivity contribution in [1.29, 1.82) is 0 Å². The number of rotatable bonds is 5. The van der Waals surface area contributed by atoms with Gasteiger partial charge in [0.1, 0.15) is 0 Å². The maximum Gasteiger partial charge on any atom is 0.0582 e. The molecule has 0 saturated carbocycles. The molecule has 0 atom stereocenters. The second kappa shape index (κ2) is 11.9. The van der Waals surface area contributed by atoms with E-state index in [2.05, 4.69) is 219 Å². The van der Waals surface area contributed by atoms with E-state index in [4.69, 9.17) is 0 Å². The highest BCUT2D eigenvalue weighted by molar-refractivity contribution is 6.14. The summed E-state index contributed by atoms with van der Waals surface area (Å²) in [4.78, 5) is 2.45. The molecule has 11 rings (SSSR count). The van der Waals surface area contributed by atoms with Crippen molar-refractivity contribution < 1.29 is 0 Å². The zero-order valence-electron chi connectivity index (χ0n) is 32.2. The fourth-order valence-electron chi connectivity index (χ4n) is 9.85. The quantitative estimate of drug-likeness (QED) is 0.172. The smallest absolute Gasteiger partial charge is 0.0582 e. The molecule has 2 aliphatic rings. The molecule has 1 aromatic heterocycles. The zero-order chi connectivity index (χ0) is 37.8. The van der Waals surface area contributed by atoms with Gasteiger partial charge in [-0.3, -0.25) is 0 Å². The van der Waals surface area contributed by atoms with Crippen molar-refractivity contribution in [3.05, 3.63) is 204 Å². The highest BCUT2D eigenvalue weighted by Gasteiger charge is 2.37. The van der Waals surface area contributed by atoms with Crippen LogP contribution in [0.1, 0.15) is 49.9 Å². The van der Waals surface area contributed by atoms with E-state index >= 15 is 0 Å². The molecule has 0 unspecified atom stereocenters. The van der Waals surface area contributed by atoms with Crippen LogP contribution in [0.5, 0.6) is 0 Å². The molecule has 0 amide bonds. The summed E-state index contributed by atoms with van der Waals surface area (Å²) in [5.41, 5.74) is 20.0. The van der Waals surface area contributed by atoms with Crippen molar-refractivity contribution in [1.82, 2.24) is 4.57 Å². The summed E-state index contributed by atoms with van der Waals surface area (Å²) in [5, 5.41) is 2.54. The molecule has 8 aromatic carbocycles. The van der Waals surface area contributed by atoms with Gasteiger partial charge in [-0.2, -0.15) is 0 Å². The molecule has 1 aliphatic heterocycles. The number of hydrogen-bond donors (Lipinski definition) is 0. The lowest BCUT2D eigenvalue weighted by molar-refractivity contribution is 0.630. The van der Waals surface area contributed by atoms with Crippen LogP contribution in [0, 0.1) is 0 Å². The van der Waals surface area contributed by atoms with E-state index in [1.165, 1.54) is 83.1 Å². The van der Waals surface area contributed by atoms with Gasteiger partial charge in [0, 0.05) is 38.7 Å². The van der Waals surface area contributed by atoms with Crippen LogP contribution in [0.25, 0.3) is 60.9 Å². The van der Waals surface area contributed by atoms with E-state index < -0.39 is 0 Å². The molecule has 0 bridgehead atoms. The molecular weight excluding hydrogens is 677 g/mol. The third kappa shape index (κ3) is 4.69. The Bertz CT molecular complexity index is 3000. The molecule has 0 radical (unpaired) electrons. The molecule has 268 valence electrons. The van der Waals surface area contributed by atoms with Gasteiger partial charge in [0.15, 0.2) is 0 Å². The monoisotopic (exact) mass is 718 g/mol. The molecule has 56 heavy (non-hydrogen) atoms. The summed E-state index contributed by atoms with van der Waals surface area (Å²) in [6.07, 6.45) is 0. The van der Waals surface area contributed by atoms with Gasteiger partial charge in [0.25, 0.3) is 0 Å². The summed E-state index contributed by atoms with van der Waals surface area (Å²) in [6, 6.07) is 67.5. The maximum atomic E-state index is 2.52. The summed E-state index contributed by atoms with van der Waals surface area (Å²) in [7, 11) is 0. The largest absolute Gasteiger partial charge is 0.310 e. The fourth-order valence-corrected chi connectivity index (χ4v) is 9.85. The summed E-state index contributed by atoms with van der Waals surface area (Å²) >= 11 is 0. The lowest BCUT2D eigenvalue weighted by Crippen LogP contribution is -2.26. The van der Waals surface area contributed by atoms with Gasteiger partial charge in [-0.05, 0) is 116 Å². The highest BCUT2D eigenvalue weighted by atomic mass is 15.1. The number of anilines is 3. The van der Waals surface area contributed by atoms with Crippen LogP contribution >= 0.6 is 0 Å². The van der Waals surface area contributed by atoms with E-state index in [1.54, 1.807) is 0 Å². The van der Waals surface area contributed by atoms with Crippen LogP contribution in [0.3, 0.4) is 0 Å². The Morgan fingerprint density at radius 3 is 1.68 bits per heavy atom. The Morgan fingerprint density at radius 1 is 0.375 bits per heavy atom. The lowest BCUT2D eigenvalue weighted by Gasteiger charge is -2.35. The first kappa shape index (κ1) is 32.8. The number of nitrogens with zero attached hydrogens (tertiary/aromatic N) is 2. The van der Waals surface area contributed by atoms with Crippen LogP contribution in [-0.4, -0.2) is 4.57 Å². The molecule has 9 aromatic rings. The zero-order valence-corrected chi connectivity index (χ0v) is 32.2. The van der Waals surface area contributed by atoms with Crippen molar-refractivity contribution in [3.63, 3.8) is 0 Å². The molecular formula is C54H42N2. The van der Waals surface area contributed by atoms with E-state index in [-0.39, 0.29) is 10.8 Å². The third-order valence-corrected chi connectivity index (χ3v) is 12.8. The van der Waals surface area contributed by atoms with Crippen molar-refractivity contribution >= 4 is 38.9 Å². The number of aromatic nitrogens is 1. The minimum atomic E-state index is -0.172. The molecule has 2 nitrogen and oxygen atoms in total. The minimum Gasteiger partial charge on any atom is -0.310 e. The van der Waals surface area contributed by atoms with Gasteiger partial charge in [-0.15, -0.1) is 0 Å². The van der Waals surface area contributed by atoms with Crippen LogP contribution in [-0.2, 0) is 10.8 Å². The molecule has 0 spiro atoms. The van der Waals surface area contributed by atoms with Crippen molar-refractivity contribution in [2.24, 2.45) is 0 Å². The van der Waals surface area contributed by atoms with Gasteiger partial charge in [-0.1, -0.05) is 149 Å². The Morgan fingerprint density at radius 2 is 0.929 bits per heavy atom. The van der Waals surface area contributed by atoms with Crippen molar-refractivity contribution in [2.45, 2.75) is 38.5 Å². The van der Waals surface area contributed by atoms with Crippen molar-refractivity contribution in [2.75, 3.05) is 4.90 Å². The Labute approximate surface area is 328 Å². The topological polar surface area (TPSA) is 8.17 Å². The molecule has 0 N–H and O–H groups in total. The first-order valence-corrected chi connectivity index (χ1v) is 19.8. The first-order valence-electron chi connectivity index (χ1n) is 19.8. The number of para-hydroxylation sites is 1. The van der Waals surface area contributed by atoms with Crippen molar-refractivity contribution in [3.8, 4) is 39.1 Å². The molecule has 1 aliphatic carbocycles. The molecule has 0 fully saturated rings. The average Bonchev–Trinajstić information content (AvgIpc) is 3.69. The predicted octanol–water partition coefficient (Wildman–Crippen LogP) is 14.5. The summed E-state index contributed by atoms with van der Waals surface area (Å²) in [5.74, 6) is 0. The summed E-state index contributed by atoms with van der Waals surface area (Å²) < 4.78 is 2.52. The standard InChI is InChI=1S/C54H42N2/c1-53(2)46-20-12-11-19-42(46)43-29-27-41(34-48(43)53)55(39-25-23-37(24-26-39)35-15-7-5-8-16-35)40-28-30-50-44(33-40)45-31-38(36-17-9-6-10-18-36)32-49-52(45)56(50)51-22-14-13-21-47(51)54(49,3)4/h5-34H,1-4H3. The summed E-state index contributed by atoms with van der Waals surface area (Å²) in [6.45, 7) is 9.50. The van der Waals surface area contributed by atoms with Gasteiger partial charge >= 0.3 is 0 Å². The van der Waals surface area contributed by atoms with Crippen LogP contribution in [0.4, 0.5) is 17.1 Å². The predicted molar refractivity (Wildman–Crippen MR) is 236 cm³/mol. The SMILES string of the molecule is CC1(C)c2ccccc2-c2ccc(N(c3ccc(-c4ccccc4)cc3)c3ccc4c(c3)c3cc(-c5ccccc5)cc5c3n4-c3ccccc3C5(C)C)cc21. The Hall–Kier alpha value is -6.64. The van der Waals surface area contributed by atoms with E-state index in [0.717, 1.165) is 17.1 Å². The average molecular weight is 719 g/mol. The maximum absolute atomic E-state index is 2.52. The Balaban J connectivity index is 1.16. The molecule has 0 saturated heterocycles. The first-order chi connectivity index (χ1) is 27.3. The van der Waals surface area contributed by atoms with Gasteiger partial charge in [0.05, 0.1) is 16.7 Å². The fraction of sp³-hybridized carbons (Fsp3) is 0.111. The van der Waals surface area contributed by atoms with E-state index in [0.29, 0.717) is 0 Å². The van der Waals surface area contributed by atoms with E-state index in [1.807, 2.05) is 0 Å². The van der Waals surface area contributed by atoms with Crippen LogP contribution in [0.15, 0.2) is 182 Å². The lowest BCUT2D eigenvalue weighted by atomic mass is 9.74. The second-order valence-electron chi connectivity index (χ2n) is 16.6. The minimum absolute atomic E-state index is 0.109. The normalized spacial score (nSPS) is 14.4. The molecule has 2 heteroatoms. The number of hydrogen-bond acceptors (Lipinski definition) is 1.